The van der Waals surface area contributed by atoms with Gasteiger partial charge in [-0.25, -0.2) is 0 Å². The number of cyclic esters (lactones) is 1. The fraction of sp³-hybridized carbons (Fsp3) is 0.333. The molecular formula is C21H19F3O4. The number of alkyl halides is 3. The molecule has 0 aliphatic carbocycles. The predicted octanol–water partition coefficient (Wildman–Crippen LogP) is 4.77. The maximum Gasteiger partial charge on any atom is 0.393 e. The number of esters is 2. The highest BCUT2D eigenvalue weighted by molar-refractivity contribution is 5.79. The zero-order valence-corrected chi connectivity index (χ0v) is 15.1. The van der Waals surface area contributed by atoms with Gasteiger partial charge in [0.2, 0.25) is 0 Å². The van der Waals surface area contributed by atoms with Crippen LogP contribution in [0.15, 0.2) is 60.7 Å². The van der Waals surface area contributed by atoms with Crippen LogP contribution in [0.25, 0.3) is 0 Å². The summed E-state index contributed by atoms with van der Waals surface area (Å²) in [6.45, 7) is 1.59. The van der Waals surface area contributed by atoms with Gasteiger partial charge in [0.15, 0.2) is 0 Å². The Morgan fingerprint density at radius 1 is 1.07 bits per heavy atom. The third-order valence-electron chi connectivity index (χ3n) is 4.79. The van der Waals surface area contributed by atoms with Gasteiger partial charge < -0.3 is 9.47 Å². The molecule has 1 aliphatic rings. The Morgan fingerprint density at radius 3 is 2.21 bits per heavy atom. The summed E-state index contributed by atoms with van der Waals surface area (Å²) in [6.07, 6.45) is -7.75. The van der Waals surface area contributed by atoms with E-state index in [0.717, 1.165) is 0 Å². The molecule has 0 spiro atoms. The lowest BCUT2D eigenvalue weighted by molar-refractivity contribution is -0.230. The molecular weight excluding hydrogens is 373 g/mol. The lowest BCUT2D eigenvalue weighted by Crippen LogP contribution is -2.45. The normalized spacial score (nSPS) is 23.6. The minimum absolute atomic E-state index is 0.319. The molecule has 1 saturated heterocycles. The summed E-state index contributed by atoms with van der Waals surface area (Å²) in [4.78, 5) is 24.7. The van der Waals surface area contributed by atoms with Crippen molar-refractivity contribution in [3.8, 4) is 0 Å². The number of benzene rings is 2. The Kier molecular flexibility index (Phi) is 5.72. The van der Waals surface area contributed by atoms with Crippen molar-refractivity contribution < 1.29 is 32.2 Å². The standard InChI is InChI=1S/C21H19F3O4/c1-13(14-8-4-2-5-9-14)27-20(26)18-16(21(22,23)24)12-17(25)28-19(18)15-10-6-3-7-11-15/h2-11,13,16,18-19H,12H2,1H3/t13-,16?,18?,19?/m0/s1. The Morgan fingerprint density at radius 2 is 1.64 bits per heavy atom. The van der Waals surface area contributed by atoms with Gasteiger partial charge in [0, 0.05) is 0 Å². The van der Waals surface area contributed by atoms with E-state index >= 15 is 0 Å². The Bertz CT molecular complexity index is 821. The van der Waals surface area contributed by atoms with Crippen molar-refractivity contribution in [3.05, 3.63) is 71.8 Å². The SMILES string of the molecule is C[C@H](OC(=O)C1C(c2ccccc2)OC(=O)CC1C(F)(F)F)c1ccccc1. The topological polar surface area (TPSA) is 52.6 Å². The first-order chi connectivity index (χ1) is 13.3. The molecule has 4 atom stereocenters. The van der Waals surface area contributed by atoms with Crippen LogP contribution in [-0.2, 0) is 19.1 Å². The highest BCUT2D eigenvalue weighted by atomic mass is 19.4. The third kappa shape index (κ3) is 4.35. The Hall–Kier alpha value is -2.83. The summed E-state index contributed by atoms with van der Waals surface area (Å²) in [6, 6.07) is 16.6. The number of rotatable bonds is 4. The van der Waals surface area contributed by atoms with Crippen molar-refractivity contribution in [1.82, 2.24) is 0 Å². The van der Waals surface area contributed by atoms with E-state index in [1.54, 1.807) is 55.5 Å². The molecule has 0 bridgehead atoms. The lowest BCUT2D eigenvalue weighted by atomic mass is 9.79. The maximum atomic E-state index is 13.7. The molecule has 1 heterocycles. The van der Waals surface area contributed by atoms with E-state index in [9.17, 15) is 22.8 Å². The summed E-state index contributed by atoms with van der Waals surface area (Å²) in [5, 5.41) is 0. The van der Waals surface area contributed by atoms with Crippen molar-refractivity contribution in [2.24, 2.45) is 11.8 Å². The zero-order valence-electron chi connectivity index (χ0n) is 15.1. The van der Waals surface area contributed by atoms with Crippen molar-refractivity contribution in [3.63, 3.8) is 0 Å². The minimum Gasteiger partial charge on any atom is -0.457 e. The number of carbonyl (C=O) groups is 2. The van der Waals surface area contributed by atoms with Crippen LogP contribution in [0.5, 0.6) is 0 Å². The smallest absolute Gasteiger partial charge is 0.393 e. The monoisotopic (exact) mass is 392 g/mol. The van der Waals surface area contributed by atoms with E-state index in [-0.39, 0.29) is 0 Å². The molecule has 3 rings (SSSR count). The molecule has 148 valence electrons. The molecule has 28 heavy (non-hydrogen) atoms. The summed E-state index contributed by atoms with van der Waals surface area (Å²) in [5.74, 6) is -5.88. The Balaban J connectivity index is 1.93. The van der Waals surface area contributed by atoms with E-state index in [1.165, 1.54) is 12.1 Å². The van der Waals surface area contributed by atoms with Gasteiger partial charge in [-0.2, -0.15) is 13.2 Å². The van der Waals surface area contributed by atoms with Gasteiger partial charge >= 0.3 is 18.1 Å². The molecule has 0 radical (unpaired) electrons. The minimum atomic E-state index is -4.74. The molecule has 2 aromatic rings. The van der Waals surface area contributed by atoms with E-state index in [2.05, 4.69) is 0 Å². The molecule has 0 aromatic heterocycles. The van der Waals surface area contributed by atoms with Gasteiger partial charge in [-0.05, 0) is 18.1 Å². The number of halogens is 3. The molecule has 0 saturated carbocycles. The van der Waals surface area contributed by atoms with Gasteiger partial charge in [0.25, 0.3) is 0 Å². The van der Waals surface area contributed by atoms with Crippen molar-refractivity contribution >= 4 is 11.9 Å². The number of ether oxygens (including phenoxy) is 2. The van der Waals surface area contributed by atoms with Crippen LogP contribution >= 0.6 is 0 Å². The van der Waals surface area contributed by atoms with Gasteiger partial charge in [0.05, 0.1) is 12.3 Å². The van der Waals surface area contributed by atoms with Crippen LogP contribution < -0.4 is 0 Å². The third-order valence-corrected chi connectivity index (χ3v) is 4.79. The van der Waals surface area contributed by atoms with Gasteiger partial charge in [-0.1, -0.05) is 60.7 Å². The van der Waals surface area contributed by atoms with Gasteiger partial charge in [-0.15, -0.1) is 0 Å². The second-order valence-electron chi connectivity index (χ2n) is 6.69. The Labute approximate surface area is 160 Å². The number of hydrogen-bond donors (Lipinski definition) is 0. The maximum absolute atomic E-state index is 13.7. The summed E-state index contributed by atoms with van der Waals surface area (Å²) in [7, 11) is 0. The van der Waals surface area contributed by atoms with E-state index in [4.69, 9.17) is 9.47 Å². The van der Waals surface area contributed by atoms with Gasteiger partial charge in [0.1, 0.15) is 18.1 Å². The van der Waals surface area contributed by atoms with E-state index < -0.39 is 48.6 Å². The van der Waals surface area contributed by atoms with E-state index in [1.807, 2.05) is 0 Å². The van der Waals surface area contributed by atoms with Crippen LogP contribution in [0.3, 0.4) is 0 Å². The molecule has 7 heteroatoms. The molecule has 0 N–H and O–H groups in total. The van der Waals surface area contributed by atoms with Crippen LogP contribution in [0.1, 0.15) is 36.7 Å². The molecule has 1 aliphatic heterocycles. The lowest BCUT2D eigenvalue weighted by Gasteiger charge is -2.37. The quantitative estimate of drug-likeness (QED) is 0.703. The van der Waals surface area contributed by atoms with Crippen LogP contribution in [0, 0.1) is 11.8 Å². The fourth-order valence-corrected chi connectivity index (χ4v) is 3.35. The molecule has 1 fully saturated rings. The second kappa shape index (κ2) is 8.04. The summed E-state index contributed by atoms with van der Waals surface area (Å²) < 4.78 is 51.5. The summed E-state index contributed by atoms with van der Waals surface area (Å²) in [5.41, 5.74) is 0.975. The van der Waals surface area contributed by atoms with Crippen molar-refractivity contribution in [2.45, 2.75) is 31.7 Å². The second-order valence-corrected chi connectivity index (χ2v) is 6.69. The average molecular weight is 392 g/mol. The number of carbonyl (C=O) groups excluding carboxylic acids is 2. The van der Waals surface area contributed by atoms with Crippen molar-refractivity contribution in [1.29, 1.82) is 0 Å². The fourth-order valence-electron chi connectivity index (χ4n) is 3.35. The molecule has 4 nitrogen and oxygen atoms in total. The molecule has 2 aromatic carbocycles. The average Bonchev–Trinajstić information content (AvgIpc) is 2.68. The van der Waals surface area contributed by atoms with Crippen LogP contribution in [0.4, 0.5) is 13.2 Å². The zero-order chi connectivity index (χ0) is 20.3. The highest BCUT2D eigenvalue weighted by Crippen LogP contribution is 2.46. The van der Waals surface area contributed by atoms with Crippen LogP contribution in [0.2, 0.25) is 0 Å². The van der Waals surface area contributed by atoms with E-state index in [0.29, 0.717) is 11.1 Å². The predicted molar refractivity (Wildman–Crippen MR) is 93.9 cm³/mol. The first-order valence-electron chi connectivity index (χ1n) is 8.84. The largest absolute Gasteiger partial charge is 0.457 e. The van der Waals surface area contributed by atoms with Crippen molar-refractivity contribution in [2.75, 3.05) is 0 Å². The van der Waals surface area contributed by atoms with Crippen LogP contribution in [-0.4, -0.2) is 18.1 Å². The number of hydrogen-bond acceptors (Lipinski definition) is 4. The highest BCUT2D eigenvalue weighted by Gasteiger charge is 2.56. The summed E-state index contributed by atoms with van der Waals surface area (Å²) >= 11 is 0. The van der Waals surface area contributed by atoms with Gasteiger partial charge in [-0.3, -0.25) is 9.59 Å². The first-order valence-corrected chi connectivity index (χ1v) is 8.84. The molecule has 0 amide bonds. The molecule has 3 unspecified atom stereocenters. The first kappa shape index (κ1) is 19.9.